The van der Waals surface area contributed by atoms with E-state index in [1.807, 2.05) is 47.4 Å². The zero-order valence-electron chi connectivity index (χ0n) is 21.6. The lowest BCUT2D eigenvalue weighted by Crippen LogP contribution is -2.56. The Labute approximate surface area is 229 Å². The van der Waals surface area contributed by atoms with Crippen molar-refractivity contribution in [3.63, 3.8) is 0 Å². The van der Waals surface area contributed by atoms with Crippen LogP contribution >= 0.6 is 0 Å². The first-order chi connectivity index (χ1) is 18.9. The summed E-state index contributed by atoms with van der Waals surface area (Å²) in [6.45, 7) is 2.50. The number of carboxylic acids is 2. The van der Waals surface area contributed by atoms with E-state index < -0.39 is 35.6 Å². The van der Waals surface area contributed by atoms with Crippen LogP contribution in [0.1, 0.15) is 18.4 Å². The van der Waals surface area contributed by atoms with E-state index in [0.29, 0.717) is 39.1 Å². The van der Waals surface area contributed by atoms with Crippen LogP contribution in [0, 0.1) is 5.41 Å². The van der Waals surface area contributed by atoms with Gasteiger partial charge in [-0.3, -0.25) is 4.90 Å². The van der Waals surface area contributed by atoms with Crippen LogP contribution in [0.5, 0.6) is 5.75 Å². The molecule has 1 aromatic heterocycles. The third-order valence-electron chi connectivity index (χ3n) is 6.42. The normalized spacial score (nSPS) is 20.4. The average molecular weight is 601 g/mol. The minimum absolute atomic E-state index is 0.0841. The van der Waals surface area contributed by atoms with Crippen molar-refractivity contribution in [2.24, 2.45) is 5.41 Å². The molecule has 2 aliphatic heterocycles. The van der Waals surface area contributed by atoms with Gasteiger partial charge in [-0.1, -0.05) is 18.2 Å². The van der Waals surface area contributed by atoms with Crippen molar-refractivity contribution in [1.82, 2.24) is 9.88 Å². The Morgan fingerprint density at radius 3 is 1.93 bits per heavy atom. The van der Waals surface area contributed by atoms with Crippen LogP contribution in [0.4, 0.5) is 40.9 Å². The number of piperidine rings is 1. The van der Waals surface area contributed by atoms with Crippen molar-refractivity contribution in [3.8, 4) is 5.75 Å². The van der Waals surface area contributed by atoms with Gasteiger partial charge in [0.05, 0.1) is 12.5 Å². The minimum Gasteiger partial charge on any atom is -0.497 e. The second-order valence-electron chi connectivity index (χ2n) is 9.26. The van der Waals surface area contributed by atoms with Gasteiger partial charge in [0.1, 0.15) is 11.6 Å². The summed E-state index contributed by atoms with van der Waals surface area (Å²) in [6, 6.07) is 13.5. The Hall–Kier alpha value is -3.69. The third-order valence-corrected chi connectivity index (χ3v) is 6.42. The third kappa shape index (κ3) is 9.43. The van der Waals surface area contributed by atoms with Crippen molar-refractivity contribution in [3.05, 3.63) is 54.2 Å². The predicted molar refractivity (Wildman–Crippen MR) is 129 cm³/mol. The number of alkyl halides is 8. The molecule has 0 aliphatic carbocycles. The van der Waals surface area contributed by atoms with Crippen molar-refractivity contribution in [2.45, 2.75) is 37.7 Å². The topological polar surface area (TPSA) is 103 Å². The number of anilines is 1. The molecule has 3 heterocycles. The zero-order chi connectivity index (χ0) is 31.1. The van der Waals surface area contributed by atoms with E-state index in [0.717, 1.165) is 17.1 Å². The molecule has 1 spiro atoms. The highest BCUT2D eigenvalue weighted by Gasteiger charge is 2.59. The molecule has 0 amide bonds. The molecule has 0 radical (unpaired) electrons. The lowest BCUT2D eigenvalue weighted by molar-refractivity contribution is -0.193. The number of pyridine rings is 1. The fraction of sp³-hybridized carbons (Fsp3) is 0.480. The maximum atomic E-state index is 15.0. The zero-order valence-corrected chi connectivity index (χ0v) is 21.6. The van der Waals surface area contributed by atoms with Crippen LogP contribution in [-0.4, -0.2) is 83.6 Å². The van der Waals surface area contributed by atoms with E-state index in [2.05, 4.69) is 9.88 Å². The number of methoxy groups -OCH3 is 1. The molecule has 2 saturated heterocycles. The van der Waals surface area contributed by atoms with Crippen molar-refractivity contribution < 1.29 is 59.7 Å². The van der Waals surface area contributed by atoms with Gasteiger partial charge in [-0.25, -0.2) is 23.4 Å². The molecule has 228 valence electrons. The number of carboxylic acid groups (broad SMARTS) is 2. The van der Waals surface area contributed by atoms with Crippen LogP contribution < -0.4 is 9.64 Å². The highest BCUT2D eigenvalue weighted by atomic mass is 19.4. The van der Waals surface area contributed by atoms with Crippen LogP contribution in [0.25, 0.3) is 0 Å². The maximum absolute atomic E-state index is 15.0. The first-order valence-electron chi connectivity index (χ1n) is 11.9. The molecule has 2 N–H and O–H groups in total. The van der Waals surface area contributed by atoms with Crippen molar-refractivity contribution in [1.29, 1.82) is 0 Å². The highest BCUT2D eigenvalue weighted by molar-refractivity contribution is 5.73. The Morgan fingerprint density at radius 2 is 1.46 bits per heavy atom. The van der Waals surface area contributed by atoms with Crippen LogP contribution in [0.2, 0.25) is 0 Å². The summed E-state index contributed by atoms with van der Waals surface area (Å²) in [5, 5.41) is 14.2. The average Bonchev–Trinajstić information content (AvgIpc) is 3.33. The molecule has 2 aromatic rings. The summed E-state index contributed by atoms with van der Waals surface area (Å²) in [7, 11) is 1.64. The minimum atomic E-state index is -5.08. The predicted octanol–water partition coefficient (Wildman–Crippen LogP) is 5.09. The Kier molecular flexibility index (Phi) is 10.9. The van der Waals surface area contributed by atoms with Gasteiger partial charge in [-0.2, -0.15) is 26.3 Å². The Balaban J connectivity index is 0.000000349. The number of aromatic nitrogens is 1. The van der Waals surface area contributed by atoms with Crippen LogP contribution in [0.15, 0.2) is 48.7 Å². The maximum Gasteiger partial charge on any atom is 0.490 e. The molecule has 1 aromatic carbocycles. The molecule has 1 atom stereocenters. The van der Waals surface area contributed by atoms with Gasteiger partial charge in [0.15, 0.2) is 0 Å². The van der Waals surface area contributed by atoms with Gasteiger partial charge in [0.25, 0.3) is 5.92 Å². The lowest BCUT2D eigenvalue weighted by atomic mass is 9.75. The number of aliphatic carboxylic acids is 2. The molecule has 1 unspecified atom stereocenters. The second kappa shape index (κ2) is 13.3. The Morgan fingerprint density at radius 1 is 0.902 bits per heavy atom. The first kappa shape index (κ1) is 33.5. The molecule has 2 fully saturated rings. The van der Waals surface area contributed by atoms with E-state index in [1.165, 1.54) is 0 Å². The number of ether oxygens (including phenoxy) is 1. The van der Waals surface area contributed by atoms with Gasteiger partial charge in [-0.15, -0.1) is 0 Å². The van der Waals surface area contributed by atoms with Gasteiger partial charge in [-0.05, 0) is 36.2 Å². The first-order valence-corrected chi connectivity index (χ1v) is 11.9. The summed E-state index contributed by atoms with van der Waals surface area (Å²) in [4.78, 5) is 26.3. The number of halogens is 8. The molecular formula is C25H27F8N3O5. The Bertz CT molecular complexity index is 1120. The standard InChI is InChI=1S/C21H25F2N3O.2C2HF3O2/c1-27-18-7-5-17(6-8-18)14-25-12-10-21(22,23)20(15-25)9-13-26(16-20)19-4-2-3-11-24-19;2*3-2(4,5)1(6)7/h2-8,11H,9-10,12-16H2,1H3;2*(H,6,7). The van der Waals surface area contributed by atoms with Gasteiger partial charge in [0.2, 0.25) is 0 Å². The number of likely N-dealkylation sites (tertiary alicyclic amines) is 1. The summed E-state index contributed by atoms with van der Waals surface area (Å²) in [6.07, 6.45) is -8.04. The van der Waals surface area contributed by atoms with E-state index in [9.17, 15) is 35.1 Å². The number of hydrogen-bond donors (Lipinski definition) is 2. The molecule has 4 rings (SSSR count). The van der Waals surface area contributed by atoms with E-state index in [1.54, 1.807) is 13.3 Å². The number of carbonyl (C=O) groups is 2. The number of benzene rings is 1. The quantitative estimate of drug-likeness (QED) is 0.468. The summed E-state index contributed by atoms with van der Waals surface area (Å²) in [5.74, 6) is -6.56. The van der Waals surface area contributed by atoms with Crippen LogP contribution in [-0.2, 0) is 16.1 Å². The molecule has 8 nitrogen and oxygen atoms in total. The monoisotopic (exact) mass is 601 g/mol. The van der Waals surface area contributed by atoms with Crippen molar-refractivity contribution >= 4 is 17.8 Å². The lowest BCUT2D eigenvalue weighted by Gasteiger charge is -2.46. The smallest absolute Gasteiger partial charge is 0.490 e. The molecule has 16 heteroatoms. The SMILES string of the molecule is COc1ccc(CN2CCC(F)(F)C3(CCN(c4ccccn4)C3)C2)cc1.O=C(O)C(F)(F)F.O=C(O)C(F)(F)F. The largest absolute Gasteiger partial charge is 0.497 e. The molecule has 41 heavy (non-hydrogen) atoms. The number of rotatable bonds is 4. The van der Waals surface area contributed by atoms with Crippen molar-refractivity contribution in [2.75, 3.05) is 38.2 Å². The number of nitrogens with zero attached hydrogens (tertiary/aromatic N) is 3. The summed E-state index contributed by atoms with van der Waals surface area (Å²) in [5.41, 5.74) is 0.116. The number of hydrogen-bond acceptors (Lipinski definition) is 6. The van der Waals surface area contributed by atoms with Crippen LogP contribution in [0.3, 0.4) is 0 Å². The second-order valence-corrected chi connectivity index (χ2v) is 9.26. The fourth-order valence-electron chi connectivity index (χ4n) is 4.35. The highest BCUT2D eigenvalue weighted by Crippen LogP contribution is 2.50. The van der Waals surface area contributed by atoms with Gasteiger partial charge < -0.3 is 19.8 Å². The summed E-state index contributed by atoms with van der Waals surface area (Å²) >= 11 is 0. The fourth-order valence-corrected chi connectivity index (χ4v) is 4.35. The van der Waals surface area contributed by atoms with E-state index in [4.69, 9.17) is 24.5 Å². The van der Waals surface area contributed by atoms with Gasteiger partial charge >= 0.3 is 24.3 Å². The summed E-state index contributed by atoms with van der Waals surface area (Å²) < 4.78 is 98.6. The molecule has 0 bridgehead atoms. The molecule has 0 saturated carbocycles. The van der Waals surface area contributed by atoms with E-state index in [-0.39, 0.29) is 6.42 Å². The molecular weight excluding hydrogens is 574 g/mol. The van der Waals surface area contributed by atoms with E-state index >= 15 is 0 Å². The molecule has 2 aliphatic rings. The van der Waals surface area contributed by atoms with Gasteiger partial charge in [0, 0.05) is 45.3 Å².